The highest BCUT2D eigenvalue weighted by atomic mass is 16.7. The first kappa shape index (κ1) is 19.9. The summed E-state index contributed by atoms with van der Waals surface area (Å²) in [6.45, 7) is 7.92. The second kappa shape index (κ2) is 7.62. The Morgan fingerprint density at radius 1 is 1.21 bits per heavy atom. The van der Waals surface area contributed by atoms with Gasteiger partial charge in [0.15, 0.2) is 5.82 Å². The van der Waals surface area contributed by atoms with Crippen LogP contribution >= 0.6 is 0 Å². The maximum atomic E-state index is 12.0. The fourth-order valence-electron chi connectivity index (χ4n) is 2.63. The summed E-state index contributed by atoms with van der Waals surface area (Å²) in [7, 11) is -0.635. The van der Waals surface area contributed by atoms with Gasteiger partial charge < -0.3 is 14.0 Å². The van der Waals surface area contributed by atoms with Crippen molar-refractivity contribution in [3.8, 4) is 6.07 Å². The third-order valence-electron chi connectivity index (χ3n) is 4.99. The van der Waals surface area contributed by atoms with Crippen LogP contribution in [0.4, 0.5) is 10.6 Å². The minimum Gasteiger partial charge on any atom is -0.444 e. The van der Waals surface area contributed by atoms with Crippen LogP contribution in [0.15, 0.2) is 42.6 Å². The van der Waals surface area contributed by atoms with E-state index in [0.717, 1.165) is 5.56 Å². The van der Waals surface area contributed by atoms with Gasteiger partial charge in [0.1, 0.15) is 12.7 Å². The number of nitrogens with one attached hydrogen (secondary N) is 1. The summed E-state index contributed by atoms with van der Waals surface area (Å²) in [5, 5.41) is 12.0. The fraction of sp³-hybridized carbons (Fsp3) is 0.350. The zero-order chi connectivity index (χ0) is 20.4. The highest BCUT2D eigenvalue weighted by molar-refractivity contribution is 6.62. The summed E-state index contributed by atoms with van der Waals surface area (Å²) in [4.78, 5) is 16.2. The third-order valence-corrected chi connectivity index (χ3v) is 4.99. The number of carbonyl (C=O) groups is 1. The van der Waals surface area contributed by atoms with Crippen LogP contribution < -0.4 is 10.8 Å². The lowest BCUT2D eigenvalue weighted by atomic mass is 9.79. The van der Waals surface area contributed by atoms with Gasteiger partial charge in [-0.05, 0) is 39.3 Å². The van der Waals surface area contributed by atoms with Crippen molar-refractivity contribution in [2.24, 2.45) is 0 Å². The first-order valence-electron chi connectivity index (χ1n) is 8.95. The van der Waals surface area contributed by atoms with E-state index in [0.29, 0.717) is 5.46 Å². The summed E-state index contributed by atoms with van der Waals surface area (Å²) < 4.78 is 17.1. The molecule has 0 aliphatic carbocycles. The molecule has 2 aromatic rings. The van der Waals surface area contributed by atoms with Crippen molar-refractivity contribution in [2.45, 2.75) is 45.5 Å². The number of nitrogens with zero attached hydrogens (tertiary/aromatic N) is 2. The van der Waals surface area contributed by atoms with E-state index in [1.54, 1.807) is 6.07 Å². The SMILES string of the molecule is CC1(C)OB(c2cnc(NC(=O)OCc3ccccc3)c(C#N)c2)OC1(C)C. The predicted molar refractivity (Wildman–Crippen MR) is 105 cm³/mol. The Morgan fingerprint density at radius 3 is 2.46 bits per heavy atom. The normalized spacial score (nSPS) is 17.0. The van der Waals surface area contributed by atoms with E-state index in [1.165, 1.54) is 6.20 Å². The Labute approximate surface area is 164 Å². The van der Waals surface area contributed by atoms with Crippen LogP contribution in [0, 0.1) is 11.3 Å². The van der Waals surface area contributed by atoms with Gasteiger partial charge in [-0.1, -0.05) is 30.3 Å². The van der Waals surface area contributed by atoms with E-state index in [2.05, 4.69) is 10.3 Å². The van der Waals surface area contributed by atoms with E-state index < -0.39 is 24.4 Å². The molecule has 144 valence electrons. The highest BCUT2D eigenvalue weighted by Crippen LogP contribution is 2.36. The zero-order valence-corrected chi connectivity index (χ0v) is 16.4. The summed E-state index contributed by atoms with van der Waals surface area (Å²) >= 11 is 0. The van der Waals surface area contributed by atoms with Crippen molar-refractivity contribution in [1.29, 1.82) is 5.26 Å². The second-order valence-corrected chi connectivity index (χ2v) is 7.55. The molecular weight excluding hydrogens is 357 g/mol. The largest absolute Gasteiger partial charge is 0.496 e. The molecule has 2 heterocycles. The molecule has 0 bridgehead atoms. The molecule has 0 atom stereocenters. The average molecular weight is 379 g/mol. The quantitative estimate of drug-likeness (QED) is 0.821. The molecule has 1 N–H and O–H groups in total. The molecule has 0 spiro atoms. The first-order chi connectivity index (χ1) is 13.2. The lowest BCUT2D eigenvalue weighted by Gasteiger charge is -2.32. The Morgan fingerprint density at radius 2 is 1.86 bits per heavy atom. The number of hydrogen-bond acceptors (Lipinski definition) is 6. The van der Waals surface area contributed by atoms with Crippen molar-refractivity contribution in [1.82, 2.24) is 4.98 Å². The second-order valence-electron chi connectivity index (χ2n) is 7.55. The number of pyridine rings is 1. The van der Waals surface area contributed by atoms with Gasteiger partial charge in [0, 0.05) is 11.7 Å². The van der Waals surface area contributed by atoms with Gasteiger partial charge in [-0.3, -0.25) is 5.32 Å². The Balaban J connectivity index is 1.68. The lowest BCUT2D eigenvalue weighted by molar-refractivity contribution is 0.00578. The number of hydrogen-bond donors (Lipinski definition) is 1. The maximum absolute atomic E-state index is 12.0. The van der Waals surface area contributed by atoms with Crippen molar-refractivity contribution in [2.75, 3.05) is 5.32 Å². The van der Waals surface area contributed by atoms with Crippen LogP contribution in [0.2, 0.25) is 0 Å². The Bertz CT molecular complexity index is 893. The lowest BCUT2D eigenvalue weighted by Crippen LogP contribution is -2.41. The smallest absolute Gasteiger partial charge is 0.444 e. The fourth-order valence-corrected chi connectivity index (χ4v) is 2.63. The number of ether oxygens (including phenoxy) is 1. The molecule has 1 aromatic heterocycles. The summed E-state index contributed by atoms with van der Waals surface area (Å²) in [6.07, 6.45) is 0.840. The molecule has 1 aromatic carbocycles. The van der Waals surface area contributed by atoms with Crippen LogP contribution in [0.1, 0.15) is 38.8 Å². The first-order valence-corrected chi connectivity index (χ1v) is 8.95. The van der Waals surface area contributed by atoms with Gasteiger partial charge in [-0.2, -0.15) is 5.26 Å². The minimum absolute atomic E-state index is 0.126. The molecule has 1 saturated heterocycles. The van der Waals surface area contributed by atoms with E-state index in [4.69, 9.17) is 14.0 Å². The van der Waals surface area contributed by atoms with Crippen LogP contribution in [0.25, 0.3) is 0 Å². The molecule has 1 aliphatic heterocycles. The van der Waals surface area contributed by atoms with Gasteiger partial charge in [0.05, 0.1) is 16.8 Å². The number of nitriles is 1. The van der Waals surface area contributed by atoms with Gasteiger partial charge in [-0.15, -0.1) is 0 Å². The van der Waals surface area contributed by atoms with Crippen LogP contribution in [-0.4, -0.2) is 29.4 Å². The van der Waals surface area contributed by atoms with Crippen molar-refractivity contribution >= 4 is 24.5 Å². The van der Waals surface area contributed by atoms with E-state index in [-0.39, 0.29) is 18.0 Å². The standard InChI is InChI=1S/C20H22BN3O4/c1-19(2)20(3,4)28-21(27-19)16-10-15(11-22)17(23-12-16)24-18(25)26-13-14-8-6-5-7-9-14/h5-10,12H,13H2,1-4H3,(H,23,24,25). The minimum atomic E-state index is -0.684. The van der Waals surface area contributed by atoms with Crippen molar-refractivity contribution in [3.63, 3.8) is 0 Å². The van der Waals surface area contributed by atoms with Crippen molar-refractivity contribution < 1.29 is 18.8 Å². The van der Waals surface area contributed by atoms with Crippen LogP contribution in [-0.2, 0) is 20.7 Å². The zero-order valence-electron chi connectivity index (χ0n) is 16.4. The highest BCUT2D eigenvalue weighted by Gasteiger charge is 2.51. The molecule has 1 fully saturated rings. The molecule has 3 rings (SSSR count). The number of carbonyl (C=O) groups excluding carboxylic acids is 1. The molecule has 7 nitrogen and oxygen atoms in total. The maximum Gasteiger partial charge on any atom is 0.496 e. The monoisotopic (exact) mass is 379 g/mol. The Kier molecular flexibility index (Phi) is 5.41. The van der Waals surface area contributed by atoms with Gasteiger partial charge in [0.25, 0.3) is 0 Å². The molecule has 0 radical (unpaired) electrons. The molecule has 1 aliphatic rings. The number of anilines is 1. The number of benzene rings is 1. The number of amides is 1. The topological polar surface area (TPSA) is 93.5 Å². The number of aromatic nitrogens is 1. The van der Waals surface area contributed by atoms with Gasteiger partial charge in [0.2, 0.25) is 0 Å². The van der Waals surface area contributed by atoms with Gasteiger partial charge >= 0.3 is 13.2 Å². The van der Waals surface area contributed by atoms with E-state index in [1.807, 2.05) is 64.1 Å². The van der Waals surface area contributed by atoms with Crippen molar-refractivity contribution in [3.05, 3.63) is 53.7 Å². The van der Waals surface area contributed by atoms with Crippen LogP contribution in [0.5, 0.6) is 0 Å². The molecule has 0 unspecified atom stereocenters. The summed E-state index contributed by atoms with van der Waals surface area (Å²) in [5.74, 6) is 0.126. The average Bonchev–Trinajstić information content (AvgIpc) is 2.88. The summed E-state index contributed by atoms with van der Waals surface area (Å²) in [6, 6.07) is 12.9. The molecule has 28 heavy (non-hydrogen) atoms. The Hall–Kier alpha value is -2.89. The predicted octanol–water partition coefficient (Wildman–Crippen LogP) is 3.00. The third kappa shape index (κ3) is 4.16. The molecule has 1 amide bonds. The van der Waals surface area contributed by atoms with E-state index in [9.17, 15) is 10.1 Å². The molecule has 0 saturated carbocycles. The molecule has 8 heteroatoms. The summed E-state index contributed by atoms with van der Waals surface area (Å²) in [5.41, 5.74) is 0.676. The molecular formula is C20H22BN3O4. The van der Waals surface area contributed by atoms with Crippen LogP contribution in [0.3, 0.4) is 0 Å². The van der Waals surface area contributed by atoms with E-state index >= 15 is 0 Å². The number of rotatable bonds is 4. The van der Waals surface area contributed by atoms with Gasteiger partial charge in [-0.25, -0.2) is 9.78 Å².